The van der Waals surface area contributed by atoms with Crippen molar-refractivity contribution in [2.75, 3.05) is 13.1 Å². The first-order valence-corrected chi connectivity index (χ1v) is 11.3. The molecular weight excluding hydrogens is 445 g/mol. The minimum Gasteiger partial charge on any atom is -0.481 e. The topological polar surface area (TPSA) is 77.8 Å². The number of nitrogens with zero attached hydrogens (tertiary/aromatic N) is 1. The minimum absolute atomic E-state index is 0. The van der Waals surface area contributed by atoms with Gasteiger partial charge in [-0.1, -0.05) is 49.4 Å². The van der Waals surface area contributed by atoms with Gasteiger partial charge in [0.1, 0.15) is 5.82 Å². The van der Waals surface area contributed by atoms with Crippen LogP contribution in [-0.2, 0) is 20.4 Å². The molecule has 0 aromatic heterocycles. The van der Waals surface area contributed by atoms with Crippen LogP contribution in [0.25, 0.3) is 0 Å². The van der Waals surface area contributed by atoms with Gasteiger partial charge in [-0.25, -0.2) is 4.39 Å². The Morgan fingerprint density at radius 3 is 2.03 bits per heavy atom. The first kappa shape index (κ1) is 25.2. The number of likely N-dealkylation sites (tertiary alicyclic amines) is 1. The van der Waals surface area contributed by atoms with Crippen molar-refractivity contribution in [2.45, 2.75) is 55.9 Å². The van der Waals surface area contributed by atoms with Crippen LogP contribution < -0.4 is 0 Å². The van der Waals surface area contributed by atoms with Gasteiger partial charge in [0.2, 0.25) is 0 Å². The van der Waals surface area contributed by atoms with Gasteiger partial charge in [-0.2, -0.15) is 0 Å². The van der Waals surface area contributed by atoms with Gasteiger partial charge in [-0.05, 0) is 67.8 Å². The summed E-state index contributed by atoms with van der Waals surface area (Å²) in [5, 5.41) is 20.2. The van der Waals surface area contributed by atoms with E-state index in [0.29, 0.717) is 37.9 Å². The molecule has 0 bridgehead atoms. The van der Waals surface area contributed by atoms with Gasteiger partial charge < -0.3 is 15.1 Å². The molecule has 0 radical (unpaired) electrons. The largest absolute Gasteiger partial charge is 0.481 e. The number of piperidine rings is 1. The maximum absolute atomic E-state index is 13.4. The fourth-order valence-corrected chi connectivity index (χ4v) is 5.96. The molecule has 2 aromatic carbocycles. The third-order valence-corrected chi connectivity index (χ3v) is 7.94. The molecule has 1 heterocycles. The van der Waals surface area contributed by atoms with E-state index in [0.717, 1.165) is 18.4 Å². The van der Waals surface area contributed by atoms with Crippen LogP contribution in [-0.4, -0.2) is 46.2 Å². The van der Waals surface area contributed by atoms with Gasteiger partial charge >= 0.3 is 11.9 Å². The van der Waals surface area contributed by atoms with Crippen LogP contribution in [0.4, 0.5) is 4.39 Å². The Balaban J connectivity index is 0.00000306. The number of hydrogen-bond donors (Lipinski definition) is 2. The predicted molar refractivity (Wildman–Crippen MR) is 126 cm³/mol. The SMILES string of the molecule is C[C@H]1CN(C2CCC(C(=O)O)(c3ccc(F)cc3)CC2)CC[C@]1(C(=O)O)c1ccccc1.Cl. The van der Waals surface area contributed by atoms with E-state index in [1.54, 1.807) is 12.1 Å². The molecule has 2 atom stereocenters. The van der Waals surface area contributed by atoms with Crippen LogP contribution in [0.3, 0.4) is 0 Å². The number of carboxylic acids is 2. The highest BCUT2D eigenvalue weighted by atomic mass is 35.5. The average molecular weight is 476 g/mol. The van der Waals surface area contributed by atoms with Gasteiger partial charge in [-0.15, -0.1) is 12.4 Å². The number of rotatable bonds is 5. The Labute approximate surface area is 200 Å². The van der Waals surface area contributed by atoms with Crippen molar-refractivity contribution < 1.29 is 24.2 Å². The summed E-state index contributed by atoms with van der Waals surface area (Å²) in [5.41, 5.74) is -0.374. The highest BCUT2D eigenvalue weighted by molar-refractivity contribution is 5.85. The summed E-state index contributed by atoms with van der Waals surface area (Å²) in [5.74, 6) is -2.07. The molecule has 2 aliphatic rings. The lowest BCUT2D eigenvalue weighted by molar-refractivity contribution is -0.150. The second-order valence-corrected chi connectivity index (χ2v) is 9.41. The monoisotopic (exact) mass is 475 g/mol. The van der Waals surface area contributed by atoms with E-state index in [9.17, 15) is 24.2 Å². The quantitative estimate of drug-likeness (QED) is 0.644. The molecule has 0 amide bonds. The minimum atomic E-state index is -0.986. The summed E-state index contributed by atoms with van der Waals surface area (Å²) in [6.45, 7) is 3.35. The van der Waals surface area contributed by atoms with Crippen LogP contribution in [0, 0.1) is 11.7 Å². The summed E-state index contributed by atoms with van der Waals surface area (Å²) in [4.78, 5) is 27.0. The first-order chi connectivity index (χ1) is 15.3. The van der Waals surface area contributed by atoms with E-state index in [4.69, 9.17) is 0 Å². The second kappa shape index (κ2) is 9.82. The number of carbonyl (C=O) groups is 2. The van der Waals surface area contributed by atoms with E-state index in [1.165, 1.54) is 12.1 Å². The zero-order chi connectivity index (χ0) is 22.9. The molecule has 33 heavy (non-hydrogen) atoms. The van der Waals surface area contributed by atoms with Crippen LogP contribution >= 0.6 is 12.4 Å². The normalized spacial score (nSPS) is 30.2. The van der Waals surface area contributed by atoms with Crippen molar-refractivity contribution in [3.05, 3.63) is 71.5 Å². The number of benzene rings is 2. The van der Waals surface area contributed by atoms with Crippen molar-refractivity contribution in [2.24, 2.45) is 5.92 Å². The Bertz CT molecular complexity index is 976. The molecule has 0 spiro atoms. The molecule has 7 heteroatoms. The van der Waals surface area contributed by atoms with E-state index in [1.807, 2.05) is 37.3 Å². The standard InChI is InChI=1S/C26H30FNO4.ClH/c1-18-17-28(16-15-26(18,24(31)32)20-5-3-2-4-6-20)22-11-13-25(14-12-22,23(29)30)19-7-9-21(27)10-8-19;/h2-10,18,22H,11-17H2,1H3,(H,29,30)(H,31,32);1H/t18-,22?,25?,26+;/m0./s1. The van der Waals surface area contributed by atoms with Crippen molar-refractivity contribution in [3.8, 4) is 0 Å². The summed E-state index contributed by atoms with van der Waals surface area (Å²) in [6.07, 6.45) is 2.97. The zero-order valence-corrected chi connectivity index (χ0v) is 19.6. The van der Waals surface area contributed by atoms with Gasteiger partial charge in [0, 0.05) is 12.6 Å². The lowest BCUT2D eigenvalue weighted by Crippen LogP contribution is -2.56. The van der Waals surface area contributed by atoms with Crippen LogP contribution in [0.1, 0.15) is 50.2 Å². The van der Waals surface area contributed by atoms with Crippen LogP contribution in [0.2, 0.25) is 0 Å². The van der Waals surface area contributed by atoms with Crippen LogP contribution in [0.15, 0.2) is 54.6 Å². The Hall–Kier alpha value is -2.44. The molecule has 1 saturated heterocycles. The molecule has 4 rings (SSSR count). The maximum atomic E-state index is 13.4. The summed E-state index contributed by atoms with van der Waals surface area (Å²) in [6, 6.07) is 15.6. The molecule has 178 valence electrons. The highest BCUT2D eigenvalue weighted by Gasteiger charge is 2.50. The maximum Gasteiger partial charge on any atom is 0.314 e. The molecule has 2 aromatic rings. The third kappa shape index (κ3) is 4.38. The third-order valence-electron chi connectivity index (χ3n) is 7.94. The summed E-state index contributed by atoms with van der Waals surface area (Å²) < 4.78 is 13.4. The van der Waals surface area contributed by atoms with E-state index >= 15 is 0 Å². The molecule has 2 fully saturated rings. The smallest absolute Gasteiger partial charge is 0.314 e. The van der Waals surface area contributed by atoms with E-state index < -0.39 is 22.8 Å². The first-order valence-electron chi connectivity index (χ1n) is 11.3. The Kier molecular flexibility index (Phi) is 7.49. The van der Waals surface area contributed by atoms with Crippen molar-refractivity contribution in [3.63, 3.8) is 0 Å². The van der Waals surface area contributed by atoms with Crippen molar-refractivity contribution in [1.82, 2.24) is 4.90 Å². The number of aliphatic carboxylic acids is 2. The average Bonchev–Trinajstić information content (AvgIpc) is 2.80. The summed E-state index contributed by atoms with van der Waals surface area (Å²) in [7, 11) is 0. The van der Waals surface area contributed by atoms with E-state index in [-0.39, 0.29) is 30.2 Å². The molecule has 1 saturated carbocycles. The molecule has 1 aliphatic heterocycles. The summed E-state index contributed by atoms with van der Waals surface area (Å²) >= 11 is 0. The fraction of sp³-hybridized carbons (Fsp3) is 0.462. The van der Waals surface area contributed by atoms with E-state index in [2.05, 4.69) is 4.90 Å². The number of hydrogen-bond acceptors (Lipinski definition) is 3. The molecular formula is C26H31ClFNO4. The fourth-order valence-electron chi connectivity index (χ4n) is 5.96. The van der Waals surface area contributed by atoms with Gasteiger partial charge in [0.25, 0.3) is 0 Å². The number of carboxylic acid groups (broad SMARTS) is 2. The van der Waals surface area contributed by atoms with Gasteiger partial charge in [0.15, 0.2) is 0 Å². The molecule has 2 N–H and O–H groups in total. The van der Waals surface area contributed by atoms with Gasteiger partial charge in [0.05, 0.1) is 10.8 Å². The van der Waals surface area contributed by atoms with Crippen molar-refractivity contribution in [1.29, 1.82) is 0 Å². The zero-order valence-electron chi connectivity index (χ0n) is 18.7. The van der Waals surface area contributed by atoms with Crippen LogP contribution in [0.5, 0.6) is 0 Å². The lowest BCUT2D eigenvalue weighted by atomic mass is 9.65. The number of halogens is 2. The second-order valence-electron chi connectivity index (χ2n) is 9.41. The molecule has 5 nitrogen and oxygen atoms in total. The molecule has 0 unspecified atom stereocenters. The van der Waals surface area contributed by atoms with Gasteiger partial charge in [-0.3, -0.25) is 9.59 Å². The Morgan fingerprint density at radius 1 is 0.909 bits per heavy atom. The highest BCUT2D eigenvalue weighted by Crippen LogP contribution is 2.45. The molecule has 1 aliphatic carbocycles. The Morgan fingerprint density at radius 2 is 1.52 bits per heavy atom. The predicted octanol–water partition coefficient (Wildman–Crippen LogP) is 4.88. The lowest BCUT2D eigenvalue weighted by Gasteiger charge is -2.49. The van der Waals surface area contributed by atoms with Crippen molar-refractivity contribution >= 4 is 24.3 Å².